The molecule has 0 bridgehead atoms. The van der Waals surface area contributed by atoms with Gasteiger partial charge in [0.25, 0.3) is 0 Å². The van der Waals surface area contributed by atoms with Gasteiger partial charge in [0, 0.05) is 79.9 Å². The zero-order chi connectivity index (χ0) is 58.9. The van der Waals surface area contributed by atoms with Crippen LogP contribution in [-0.4, -0.2) is 124 Å². The Hall–Kier alpha value is -3.34. The third kappa shape index (κ3) is 19.1. The van der Waals surface area contributed by atoms with E-state index >= 15 is 0 Å². The molecular weight excluding hydrogens is 1100 g/mol. The largest absolute Gasteiger partial charge is 1.00 e. The monoisotopic (exact) mass is 1190 g/mol. The number of aromatic nitrogens is 6. The maximum absolute atomic E-state index is 13.0. The number of anilines is 8. The quantitative estimate of drug-likeness (QED) is 0.0438. The topological polar surface area (TPSA) is 312 Å². The molecular formula is C56H86N16Na2O6S2. The van der Waals surface area contributed by atoms with Crippen LogP contribution >= 0.6 is 0 Å². The van der Waals surface area contributed by atoms with E-state index in [9.17, 15) is 25.9 Å². The van der Waals surface area contributed by atoms with Crippen LogP contribution in [0.3, 0.4) is 0 Å². The Morgan fingerprint density at radius 1 is 0.390 bits per heavy atom. The van der Waals surface area contributed by atoms with E-state index in [0.717, 1.165) is 51.4 Å². The molecule has 10 N–H and O–H groups in total. The van der Waals surface area contributed by atoms with Crippen LogP contribution in [0.25, 0.3) is 12.2 Å². The zero-order valence-corrected chi connectivity index (χ0v) is 57.2. The summed E-state index contributed by atoms with van der Waals surface area (Å²) in [6.07, 6.45) is 8.87. The van der Waals surface area contributed by atoms with Crippen molar-refractivity contribution in [3.8, 4) is 0 Å². The van der Waals surface area contributed by atoms with Crippen LogP contribution in [0, 0.1) is 0 Å². The average molecular weight is 1190 g/mol. The van der Waals surface area contributed by atoms with Crippen LogP contribution in [0.5, 0.6) is 0 Å². The van der Waals surface area contributed by atoms with Gasteiger partial charge in [0.2, 0.25) is 35.7 Å². The Morgan fingerprint density at radius 2 is 0.598 bits per heavy atom. The fourth-order valence-corrected chi connectivity index (χ4v) is 15.3. The predicted octanol–water partition coefficient (Wildman–Crippen LogP) is 2.41. The van der Waals surface area contributed by atoms with E-state index in [4.69, 9.17) is 29.9 Å². The third-order valence-electron chi connectivity index (χ3n) is 14.9. The van der Waals surface area contributed by atoms with Gasteiger partial charge in [-0.1, -0.05) is 24.3 Å². The summed E-state index contributed by atoms with van der Waals surface area (Å²) in [5, 5.41) is 35.2. The third-order valence-corrected chi connectivity index (χ3v) is 16.7. The second kappa shape index (κ2) is 24.4. The first-order chi connectivity index (χ1) is 36.5. The van der Waals surface area contributed by atoms with Gasteiger partial charge in [0.1, 0.15) is 20.2 Å². The SMILES string of the molecule is CC1(C)CC(Nc2nc(Nc3ccc(C=Cc4ccc(Nc5nc(NC6CC(C)(C)NC(C)(C)C6)nc(NC6CC(C)(C)NC(C)(C)C6)n5)cc4S(=O)(=O)[O-])c(S(=O)(=O)[O-])c3)nc(NC3CC(C)(C)NC(C)(C)C3)n2)CC(C)(C)N1.[Na+].[Na+]. The molecule has 4 aliphatic heterocycles. The number of hydrogen-bond donors (Lipinski definition) is 10. The van der Waals surface area contributed by atoms with Gasteiger partial charge in [0.15, 0.2) is 0 Å². The van der Waals surface area contributed by atoms with Gasteiger partial charge >= 0.3 is 59.1 Å². The van der Waals surface area contributed by atoms with Crippen molar-refractivity contribution in [2.75, 3.05) is 31.9 Å². The molecule has 0 saturated carbocycles. The van der Waals surface area contributed by atoms with Crippen LogP contribution in [-0.2, 0) is 20.2 Å². The molecule has 2 aromatic carbocycles. The molecule has 6 heterocycles. The van der Waals surface area contributed by atoms with Crippen molar-refractivity contribution < 1.29 is 85.1 Å². The summed E-state index contributed by atoms with van der Waals surface area (Å²) in [5.41, 5.74) is -1.10. The van der Waals surface area contributed by atoms with Crippen molar-refractivity contribution in [3.63, 3.8) is 0 Å². The van der Waals surface area contributed by atoms with Crippen LogP contribution < -0.4 is 112 Å². The number of rotatable bonds is 16. The fraction of sp³-hybridized carbons (Fsp3) is 0.643. The van der Waals surface area contributed by atoms with Crippen molar-refractivity contribution in [1.29, 1.82) is 0 Å². The number of nitrogens with zero attached hydrogens (tertiary/aromatic N) is 6. The van der Waals surface area contributed by atoms with Gasteiger partial charge in [-0.25, -0.2) is 16.8 Å². The summed E-state index contributed by atoms with van der Waals surface area (Å²) in [4.78, 5) is 27.3. The maximum atomic E-state index is 13.0. The summed E-state index contributed by atoms with van der Waals surface area (Å²) >= 11 is 0. The van der Waals surface area contributed by atoms with Crippen LogP contribution in [0.2, 0.25) is 0 Å². The van der Waals surface area contributed by atoms with Crippen molar-refractivity contribution in [2.45, 2.75) is 240 Å². The van der Waals surface area contributed by atoms with E-state index in [2.05, 4.69) is 164 Å². The molecule has 22 nitrogen and oxygen atoms in total. The van der Waals surface area contributed by atoms with Crippen molar-refractivity contribution in [2.24, 2.45) is 0 Å². The summed E-state index contributed by atoms with van der Waals surface area (Å²) in [6, 6.07) is 8.26. The first-order valence-corrected chi connectivity index (χ1v) is 30.5. The van der Waals surface area contributed by atoms with E-state index in [1.807, 2.05) is 0 Å². The molecule has 4 aromatic rings. The molecule has 8 rings (SSSR count). The van der Waals surface area contributed by atoms with Gasteiger partial charge in [0.05, 0.1) is 9.79 Å². The molecule has 0 spiro atoms. The van der Waals surface area contributed by atoms with Gasteiger partial charge in [-0.3, -0.25) is 0 Å². The minimum Gasteiger partial charge on any atom is -0.744 e. The van der Waals surface area contributed by atoms with E-state index in [1.54, 1.807) is 12.1 Å². The second-order valence-electron chi connectivity index (χ2n) is 28.2. The summed E-state index contributed by atoms with van der Waals surface area (Å²) in [5.74, 6) is 1.46. The first-order valence-electron chi connectivity index (χ1n) is 27.7. The molecule has 4 aliphatic rings. The van der Waals surface area contributed by atoms with Gasteiger partial charge in [-0.2, -0.15) is 29.9 Å². The van der Waals surface area contributed by atoms with Gasteiger partial charge in [-0.15, -0.1) is 0 Å². The molecule has 0 unspecified atom stereocenters. The fourth-order valence-electron chi connectivity index (χ4n) is 13.9. The van der Waals surface area contributed by atoms with Crippen molar-refractivity contribution >= 4 is 79.5 Å². The Morgan fingerprint density at radius 3 is 0.805 bits per heavy atom. The van der Waals surface area contributed by atoms with Gasteiger partial charge in [-0.05, 0) is 198 Å². The number of benzene rings is 2. The Balaban J connectivity index is 0.00000541. The Kier molecular flexibility index (Phi) is 20.2. The molecule has 82 heavy (non-hydrogen) atoms. The maximum Gasteiger partial charge on any atom is 1.00 e. The Bertz CT molecular complexity index is 2840. The summed E-state index contributed by atoms with van der Waals surface area (Å²) in [7, 11) is -10.3. The normalized spacial score (nSPS) is 22.2. The summed E-state index contributed by atoms with van der Waals surface area (Å²) in [6.45, 7) is 34.5. The minimum atomic E-state index is -5.14. The van der Waals surface area contributed by atoms with Crippen LogP contribution in [0.1, 0.15) is 173 Å². The second-order valence-corrected chi connectivity index (χ2v) is 30.9. The molecule has 4 saturated heterocycles. The van der Waals surface area contributed by atoms with Gasteiger partial charge < -0.3 is 62.3 Å². The minimum absolute atomic E-state index is 0. The number of piperidine rings is 4. The average Bonchev–Trinajstić information content (AvgIpc) is 3.21. The molecule has 4 fully saturated rings. The van der Waals surface area contributed by atoms with Crippen molar-refractivity contribution in [1.82, 2.24) is 51.2 Å². The zero-order valence-electron chi connectivity index (χ0n) is 51.5. The van der Waals surface area contributed by atoms with Crippen molar-refractivity contribution in [3.05, 3.63) is 47.5 Å². The van der Waals surface area contributed by atoms with E-state index in [0.29, 0.717) is 23.8 Å². The molecule has 0 amide bonds. The van der Waals surface area contributed by atoms with Crippen LogP contribution in [0.4, 0.5) is 47.1 Å². The molecule has 0 radical (unpaired) electrons. The molecule has 440 valence electrons. The molecule has 26 heteroatoms. The smallest absolute Gasteiger partial charge is 0.744 e. The molecule has 0 atom stereocenters. The predicted molar refractivity (Wildman–Crippen MR) is 316 cm³/mol. The first kappa shape index (κ1) is 67.8. The van der Waals surface area contributed by atoms with E-state index in [1.165, 1.54) is 36.4 Å². The number of hydrogen-bond acceptors (Lipinski definition) is 22. The van der Waals surface area contributed by atoms with Crippen LogP contribution in [0.15, 0.2) is 46.2 Å². The summed E-state index contributed by atoms with van der Waals surface area (Å²) < 4.78 is 77.9. The van der Waals surface area contributed by atoms with E-state index < -0.39 is 30.0 Å². The molecule has 0 aliphatic carbocycles. The molecule has 2 aromatic heterocycles. The standard InChI is InChI=1S/C56H88N16O6S2.2Na/c1-49(2)25-37(26-50(3,4)69-49)59-45-63-43(64-46(67-45)60-38-27-51(5,6)70-52(7,8)28-38)57-35-21-19-33(41(23-35)79(73,74)75)17-18-34-20-22-36(24-42(34)80(76,77)78)58-44-65-47(61-39-29-53(9,10)71-54(11,12)30-39)68-48(66-44)62-40-31-55(13,14)72-56(15,16)32-40;;/h17-24,37-40,69-72H,25-32H2,1-16H3,(H,73,74,75)(H,76,77,78)(H3,57,59,60,63,64,67)(H3,58,61,62,65,66,68);;/q;2*+1/p-2. The van der Waals surface area contributed by atoms with E-state index in [-0.39, 0.29) is 162 Å². The Labute approximate surface area is 531 Å². The number of nitrogens with one attached hydrogen (secondary N) is 10.